The third-order valence-corrected chi connectivity index (χ3v) is 5.61. The van der Waals surface area contributed by atoms with Crippen LogP contribution in [0, 0.1) is 0 Å². The molecule has 7 nitrogen and oxygen atoms in total. The van der Waals surface area contributed by atoms with Crippen LogP contribution in [-0.2, 0) is 15.4 Å². The van der Waals surface area contributed by atoms with E-state index in [0.717, 1.165) is 0 Å². The number of sulfone groups is 1. The van der Waals surface area contributed by atoms with Gasteiger partial charge in [0.15, 0.2) is 5.82 Å². The number of nitrogen functional groups attached to an aromatic ring is 1. The average Bonchev–Trinajstić information content (AvgIpc) is 2.62. The van der Waals surface area contributed by atoms with E-state index in [4.69, 9.17) is 5.73 Å². The molecule has 3 rings (SSSR count). The molecule has 2 aromatic heterocycles. The number of aliphatic hydroxyl groups is 1. The van der Waals surface area contributed by atoms with Crippen molar-refractivity contribution >= 4 is 15.7 Å². The Bertz CT molecular complexity index is 1010. The van der Waals surface area contributed by atoms with Gasteiger partial charge in [-0.1, -0.05) is 0 Å². The Morgan fingerprint density at radius 1 is 0.885 bits per heavy atom. The fourth-order valence-corrected chi connectivity index (χ4v) is 3.47. The van der Waals surface area contributed by atoms with Gasteiger partial charge in [0, 0.05) is 29.7 Å². The Kier molecular flexibility index (Phi) is 4.47. The Morgan fingerprint density at radius 2 is 1.46 bits per heavy atom. The molecule has 0 aliphatic rings. The summed E-state index contributed by atoms with van der Waals surface area (Å²) >= 11 is 0. The van der Waals surface area contributed by atoms with E-state index in [0.29, 0.717) is 17.0 Å². The molecule has 0 radical (unpaired) electrons. The summed E-state index contributed by atoms with van der Waals surface area (Å²) in [5.74, 6) is 0.696. The Labute approximate surface area is 151 Å². The summed E-state index contributed by atoms with van der Waals surface area (Å²) in [6, 6.07) is 9.12. The molecule has 0 spiro atoms. The molecule has 0 fully saturated rings. The maximum atomic E-state index is 12.6. The topological polar surface area (TPSA) is 119 Å². The molecule has 0 saturated heterocycles. The molecule has 0 unspecified atom stereocenters. The maximum Gasteiger partial charge on any atom is 0.208 e. The number of nitrogens with zero attached hydrogens (tertiary/aromatic N) is 3. The molecular weight excluding hydrogens is 352 g/mol. The van der Waals surface area contributed by atoms with E-state index in [1.54, 1.807) is 38.4 Å². The van der Waals surface area contributed by atoms with Gasteiger partial charge < -0.3 is 10.8 Å². The van der Waals surface area contributed by atoms with Crippen LogP contribution < -0.4 is 5.73 Å². The van der Waals surface area contributed by atoms with Crippen LogP contribution in [0.15, 0.2) is 64.8 Å². The number of aromatic nitrogens is 3. The number of benzene rings is 1. The van der Waals surface area contributed by atoms with Gasteiger partial charge in [0.1, 0.15) is 5.82 Å². The third kappa shape index (κ3) is 3.56. The van der Waals surface area contributed by atoms with Crippen LogP contribution in [0.4, 0.5) is 5.82 Å². The molecule has 8 heteroatoms. The van der Waals surface area contributed by atoms with Gasteiger partial charge in [-0.25, -0.2) is 23.4 Å². The monoisotopic (exact) mass is 370 g/mol. The van der Waals surface area contributed by atoms with E-state index in [9.17, 15) is 13.5 Å². The number of anilines is 1. The van der Waals surface area contributed by atoms with E-state index in [2.05, 4.69) is 15.0 Å². The normalized spacial score (nSPS) is 12.1. The summed E-state index contributed by atoms with van der Waals surface area (Å²) in [5, 5.41) is 9.94. The van der Waals surface area contributed by atoms with Gasteiger partial charge in [-0.05, 0) is 50.2 Å². The second-order valence-corrected chi connectivity index (χ2v) is 8.25. The van der Waals surface area contributed by atoms with Crippen LogP contribution in [0.1, 0.15) is 19.4 Å². The van der Waals surface area contributed by atoms with Gasteiger partial charge in [-0.3, -0.25) is 0 Å². The second kappa shape index (κ2) is 6.47. The van der Waals surface area contributed by atoms with Crippen molar-refractivity contribution in [1.29, 1.82) is 0 Å². The second-order valence-electron chi connectivity index (χ2n) is 6.30. The summed E-state index contributed by atoms with van der Waals surface area (Å²) in [5.41, 5.74) is 5.73. The molecule has 0 atom stereocenters. The zero-order valence-electron chi connectivity index (χ0n) is 14.3. The first-order valence-corrected chi connectivity index (χ1v) is 9.28. The highest BCUT2D eigenvalue weighted by Crippen LogP contribution is 2.24. The molecule has 0 saturated carbocycles. The van der Waals surface area contributed by atoms with Crippen molar-refractivity contribution in [3.8, 4) is 11.4 Å². The molecule has 1 aromatic carbocycles. The highest BCUT2D eigenvalue weighted by molar-refractivity contribution is 7.91. The smallest absolute Gasteiger partial charge is 0.208 e. The van der Waals surface area contributed by atoms with Gasteiger partial charge in [0.25, 0.3) is 0 Å². The van der Waals surface area contributed by atoms with Crippen molar-refractivity contribution in [3.63, 3.8) is 0 Å². The van der Waals surface area contributed by atoms with Gasteiger partial charge in [0.05, 0.1) is 15.4 Å². The van der Waals surface area contributed by atoms with Crippen LogP contribution in [-0.4, -0.2) is 28.5 Å². The minimum atomic E-state index is -3.67. The van der Waals surface area contributed by atoms with Gasteiger partial charge in [-0.15, -0.1) is 0 Å². The molecule has 0 bridgehead atoms. The summed E-state index contributed by atoms with van der Waals surface area (Å²) in [4.78, 5) is 12.5. The molecule has 2 heterocycles. The highest BCUT2D eigenvalue weighted by atomic mass is 32.2. The summed E-state index contributed by atoms with van der Waals surface area (Å²) in [6.07, 6.45) is 4.33. The van der Waals surface area contributed by atoms with Crippen molar-refractivity contribution in [2.24, 2.45) is 0 Å². The maximum absolute atomic E-state index is 12.6. The number of pyridine rings is 1. The minimum absolute atomic E-state index is 0.0743. The summed E-state index contributed by atoms with van der Waals surface area (Å²) in [6.45, 7) is 3.30. The first-order chi connectivity index (χ1) is 12.2. The average molecular weight is 370 g/mol. The van der Waals surface area contributed by atoms with Gasteiger partial charge >= 0.3 is 0 Å². The van der Waals surface area contributed by atoms with E-state index in [-0.39, 0.29) is 15.6 Å². The van der Waals surface area contributed by atoms with Crippen LogP contribution >= 0.6 is 0 Å². The summed E-state index contributed by atoms with van der Waals surface area (Å²) < 4.78 is 25.2. The first kappa shape index (κ1) is 18.0. The molecule has 3 N–H and O–H groups in total. The Morgan fingerprint density at radius 3 is 1.96 bits per heavy atom. The van der Waals surface area contributed by atoms with Gasteiger partial charge in [-0.2, -0.15) is 0 Å². The molecule has 0 aliphatic carbocycles. The van der Waals surface area contributed by atoms with Crippen LogP contribution in [0.25, 0.3) is 11.4 Å². The predicted octanol–water partition coefficient (Wildman–Crippen LogP) is 2.18. The lowest BCUT2D eigenvalue weighted by Crippen LogP contribution is -2.16. The van der Waals surface area contributed by atoms with Crippen molar-refractivity contribution in [2.75, 3.05) is 5.73 Å². The number of hydrogen-bond donors (Lipinski definition) is 2. The first-order valence-electron chi connectivity index (χ1n) is 7.80. The SMILES string of the molecule is CC(C)(O)c1cnc(-c2ccc(S(=O)(=O)c3ccc(N)nc3)cc2)nc1. The fraction of sp³-hybridized carbons (Fsp3) is 0.167. The summed E-state index contributed by atoms with van der Waals surface area (Å²) in [7, 11) is -3.67. The van der Waals surface area contributed by atoms with E-state index in [1.807, 2.05) is 0 Å². The van der Waals surface area contributed by atoms with Crippen LogP contribution in [0.3, 0.4) is 0 Å². The molecule has 0 aliphatic heterocycles. The number of nitrogens with two attached hydrogens (primary N) is 1. The molecule has 26 heavy (non-hydrogen) atoms. The van der Waals surface area contributed by atoms with Crippen LogP contribution in [0.2, 0.25) is 0 Å². The van der Waals surface area contributed by atoms with Crippen molar-refractivity contribution < 1.29 is 13.5 Å². The molecule has 0 amide bonds. The standard InChI is InChI=1S/C18H18N4O3S/c1-18(2,23)13-9-21-17(22-10-13)12-3-5-14(6-4-12)26(24,25)15-7-8-16(19)20-11-15/h3-11,23H,1-2H3,(H2,19,20). The predicted molar refractivity (Wildman–Crippen MR) is 96.8 cm³/mol. The van der Waals surface area contributed by atoms with Crippen molar-refractivity contribution in [1.82, 2.24) is 15.0 Å². The van der Waals surface area contributed by atoms with Crippen molar-refractivity contribution in [2.45, 2.75) is 29.2 Å². The molecule has 134 valence electrons. The lowest BCUT2D eigenvalue weighted by atomic mass is 10.0. The third-order valence-electron chi connectivity index (χ3n) is 3.85. The zero-order chi connectivity index (χ0) is 18.9. The van der Waals surface area contributed by atoms with E-state index < -0.39 is 15.4 Å². The molecule has 3 aromatic rings. The zero-order valence-corrected chi connectivity index (χ0v) is 15.1. The quantitative estimate of drug-likeness (QED) is 0.722. The number of rotatable bonds is 4. The van der Waals surface area contributed by atoms with E-state index >= 15 is 0 Å². The van der Waals surface area contributed by atoms with Crippen molar-refractivity contribution in [3.05, 3.63) is 60.6 Å². The Balaban J connectivity index is 1.90. The number of hydrogen-bond acceptors (Lipinski definition) is 7. The largest absolute Gasteiger partial charge is 0.386 e. The lowest BCUT2D eigenvalue weighted by Gasteiger charge is -2.16. The van der Waals surface area contributed by atoms with Crippen LogP contribution in [0.5, 0.6) is 0 Å². The lowest BCUT2D eigenvalue weighted by molar-refractivity contribution is 0.0778. The molecular formula is C18H18N4O3S. The van der Waals surface area contributed by atoms with Gasteiger partial charge in [0.2, 0.25) is 9.84 Å². The Hall–Kier alpha value is -2.84. The minimum Gasteiger partial charge on any atom is -0.386 e. The fourth-order valence-electron chi connectivity index (χ4n) is 2.26. The highest BCUT2D eigenvalue weighted by Gasteiger charge is 2.19. The van der Waals surface area contributed by atoms with E-state index in [1.165, 1.54) is 30.5 Å².